The highest BCUT2D eigenvalue weighted by atomic mass is 16.2. The monoisotopic (exact) mass is 340 g/mol. The number of nitrogens with two attached hydrogens (primary N) is 1. The predicted octanol–water partition coefficient (Wildman–Crippen LogP) is 0.975. The molecule has 0 saturated heterocycles. The maximum absolute atomic E-state index is 12.7. The summed E-state index contributed by atoms with van der Waals surface area (Å²) in [5, 5.41) is 0. The molecule has 1 heterocycles. The van der Waals surface area contributed by atoms with E-state index < -0.39 is 11.2 Å². The Bertz CT molecular complexity index is 897. The van der Waals surface area contributed by atoms with Gasteiger partial charge in [-0.2, -0.15) is 0 Å². The van der Waals surface area contributed by atoms with Gasteiger partial charge in [0.1, 0.15) is 5.82 Å². The van der Waals surface area contributed by atoms with Gasteiger partial charge < -0.3 is 10.6 Å². The Balaban J connectivity index is 2.73. The third kappa shape index (κ3) is 3.60. The zero-order chi connectivity index (χ0) is 18.4. The second-order valence-corrected chi connectivity index (χ2v) is 5.34. The average molecular weight is 340 g/mol. The normalized spacial score (nSPS) is 10.2. The molecule has 7 heteroatoms. The molecule has 1 aromatic heterocycles. The van der Waals surface area contributed by atoms with E-state index in [1.54, 1.807) is 0 Å². The number of hydrogen-bond acceptors (Lipinski definition) is 4. The molecule has 0 aliphatic carbocycles. The van der Waals surface area contributed by atoms with Crippen LogP contribution in [0.2, 0.25) is 0 Å². The molecule has 0 aliphatic rings. The molecular formula is C18H20N4O3. The predicted molar refractivity (Wildman–Crippen MR) is 98.7 cm³/mol. The number of nitrogens with zero attached hydrogens (tertiary/aromatic N) is 3. The Kier molecular flexibility index (Phi) is 5.73. The molecule has 1 amide bonds. The third-order valence-electron chi connectivity index (χ3n) is 3.68. The highest BCUT2D eigenvalue weighted by Crippen LogP contribution is 2.17. The SMILES string of the molecule is C=CCN(C=O)c1c(N)n(Cc2ccccc2)c(=O)n(CC=C)c1=O. The molecule has 0 spiro atoms. The van der Waals surface area contributed by atoms with Crippen molar-refractivity contribution in [1.29, 1.82) is 0 Å². The van der Waals surface area contributed by atoms with Crippen LogP contribution >= 0.6 is 0 Å². The van der Waals surface area contributed by atoms with Gasteiger partial charge in [-0.1, -0.05) is 42.5 Å². The summed E-state index contributed by atoms with van der Waals surface area (Å²) in [4.78, 5) is 37.9. The molecule has 0 saturated carbocycles. The Morgan fingerprint density at radius 1 is 1.08 bits per heavy atom. The first-order valence-electron chi connectivity index (χ1n) is 7.65. The van der Waals surface area contributed by atoms with Crippen LogP contribution in [0.1, 0.15) is 5.56 Å². The maximum Gasteiger partial charge on any atom is 0.333 e. The lowest BCUT2D eigenvalue weighted by Gasteiger charge is -2.21. The number of carbonyl (C=O) groups is 1. The van der Waals surface area contributed by atoms with Crippen molar-refractivity contribution in [2.45, 2.75) is 13.1 Å². The largest absolute Gasteiger partial charge is 0.383 e. The lowest BCUT2D eigenvalue weighted by molar-refractivity contribution is -0.107. The van der Waals surface area contributed by atoms with E-state index in [1.807, 2.05) is 30.3 Å². The Hall–Kier alpha value is -3.35. The minimum absolute atomic E-state index is 0.0144. The topological polar surface area (TPSA) is 90.3 Å². The van der Waals surface area contributed by atoms with Crippen molar-refractivity contribution in [3.63, 3.8) is 0 Å². The van der Waals surface area contributed by atoms with Gasteiger partial charge in [-0.3, -0.25) is 18.7 Å². The molecular weight excluding hydrogens is 320 g/mol. The molecule has 0 fully saturated rings. The van der Waals surface area contributed by atoms with Crippen LogP contribution in [0.15, 0.2) is 65.2 Å². The zero-order valence-electron chi connectivity index (χ0n) is 13.8. The fourth-order valence-corrected chi connectivity index (χ4v) is 2.51. The molecule has 2 rings (SSSR count). The van der Waals surface area contributed by atoms with Gasteiger partial charge >= 0.3 is 5.69 Å². The summed E-state index contributed by atoms with van der Waals surface area (Å²) in [6.45, 7) is 7.42. The molecule has 0 bridgehead atoms. The summed E-state index contributed by atoms with van der Waals surface area (Å²) in [6, 6.07) is 9.22. The number of aromatic nitrogens is 2. The fraction of sp³-hybridized carbons (Fsp3) is 0.167. The van der Waals surface area contributed by atoms with E-state index in [0.29, 0.717) is 6.41 Å². The lowest BCUT2D eigenvalue weighted by Crippen LogP contribution is -2.44. The molecule has 1 aromatic carbocycles. The van der Waals surface area contributed by atoms with Crippen LogP contribution in [-0.4, -0.2) is 22.1 Å². The quantitative estimate of drug-likeness (QED) is 0.573. The minimum atomic E-state index is -0.638. The van der Waals surface area contributed by atoms with Crippen molar-refractivity contribution < 1.29 is 4.79 Å². The molecule has 0 aliphatic heterocycles. The van der Waals surface area contributed by atoms with E-state index in [0.717, 1.165) is 15.0 Å². The third-order valence-corrected chi connectivity index (χ3v) is 3.68. The lowest BCUT2D eigenvalue weighted by atomic mass is 10.2. The summed E-state index contributed by atoms with van der Waals surface area (Å²) < 4.78 is 2.27. The number of amides is 1. The molecule has 0 radical (unpaired) electrons. The molecule has 25 heavy (non-hydrogen) atoms. The molecule has 2 N–H and O–H groups in total. The fourth-order valence-electron chi connectivity index (χ4n) is 2.51. The minimum Gasteiger partial charge on any atom is -0.383 e. The van der Waals surface area contributed by atoms with E-state index in [-0.39, 0.29) is 31.1 Å². The van der Waals surface area contributed by atoms with Gasteiger partial charge in [0.2, 0.25) is 6.41 Å². The molecule has 7 nitrogen and oxygen atoms in total. The van der Waals surface area contributed by atoms with Crippen LogP contribution < -0.4 is 21.9 Å². The highest BCUT2D eigenvalue weighted by Gasteiger charge is 2.21. The van der Waals surface area contributed by atoms with Crippen LogP contribution in [0.25, 0.3) is 0 Å². The number of hydrogen-bond donors (Lipinski definition) is 1. The Morgan fingerprint density at radius 3 is 2.32 bits per heavy atom. The second-order valence-electron chi connectivity index (χ2n) is 5.34. The standard InChI is InChI=1S/C18H20N4O3/c1-3-10-20(13-23)15-16(19)22(12-14-8-6-5-7-9-14)18(25)21(11-4-2)17(15)24/h3-9,13H,1-2,10-12,19H2. The van der Waals surface area contributed by atoms with Crippen molar-refractivity contribution in [2.75, 3.05) is 17.2 Å². The van der Waals surface area contributed by atoms with Crippen LogP contribution in [0, 0.1) is 0 Å². The smallest absolute Gasteiger partial charge is 0.333 e. The highest BCUT2D eigenvalue weighted by molar-refractivity contribution is 5.80. The Morgan fingerprint density at radius 2 is 1.76 bits per heavy atom. The van der Waals surface area contributed by atoms with Crippen LogP contribution in [-0.2, 0) is 17.9 Å². The van der Waals surface area contributed by atoms with Crippen molar-refractivity contribution in [3.05, 3.63) is 82.0 Å². The van der Waals surface area contributed by atoms with E-state index >= 15 is 0 Å². The summed E-state index contributed by atoms with van der Waals surface area (Å²) in [6.07, 6.45) is 3.40. The number of rotatable bonds is 8. The van der Waals surface area contributed by atoms with E-state index in [4.69, 9.17) is 5.73 Å². The number of nitrogen functional groups attached to an aromatic ring is 1. The van der Waals surface area contributed by atoms with Gasteiger partial charge in [-0.15, -0.1) is 13.2 Å². The van der Waals surface area contributed by atoms with Gasteiger partial charge in [0.05, 0.1) is 6.54 Å². The first-order valence-corrected chi connectivity index (χ1v) is 7.65. The summed E-state index contributed by atoms with van der Waals surface area (Å²) in [7, 11) is 0. The summed E-state index contributed by atoms with van der Waals surface area (Å²) in [5.74, 6) is -0.0619. The van der Waals surface area contributed by atoms with E-state index in [9.17, 15) is 14.4 Å². The van der Waals surface area contributed by atoms with Crippen LogP contribution in [0.5, 0.6) is 0 Å². The summed E-state index contributed by atoms with van der Waals surface area (Å²) in [5.41, 5.74) is 5.69. The molecule has 0 unspecified atom stereocenters. The average Bonchev–Trinajstić information content (AvgIpc) is 2.62. The molecule has 2 aromatic rings. The zero-order valence-corrected chi connectivity index (χ0v) is 13.8. The van der Waals surface area contributed by atoms with Gasteiger partial charge in [0.25, 0.3) is 5.56 Å². The van der Waals surface area contributed by atoms with E-state index in [1.165, 1.54) is 16.7 Å². The number of allylic oxidation sites excluding steroid dienone is 1. The summed E-state index contributed by atoms with van der Waals surface area (Å²) >= 11 is 0. The number of anilines is 2. The first kappa shape index (κ1) is 18.0. The van der Waals surface area contributed by atoms with Gasteiger partial charge in [0.15, 0.2) is 5.69 Å². The van der Waals surface area contributed by atoms with Crippen LogP contribution in [0.4, 0.5) is 11.5 Å². The van der Waals surface area contributed by atoms with Gasteiger partial charge in [-0.05, 0) is 5.56 Å². The molecule has 130 valence electrons. The van der Waals surface area contributed by atoms with Crippen LogP contribution in [0.3, 0.4) is 0 Å². The van der Waals surface area contributed by atoms with Gasteiger partial charge in [-0.25, -0.2) is 4.79 Å². The number of carbonyl (C=O) groups excluding carboxylic acids is 1. The maximum atomic E-state index is 12.7. The van der Waals surface area contributed by atoms with Crippen molar-refractivity contribution in [2.24, 2.45) is 0 Å². The second kappa shape index (κ2) is 7.96. The molecule has 0 atom stereocenters. The van der Waals surface area contributed by atoms with Crippen molar-refractivity contribution >= 4 is 17.9 Å². The van der Waals surface area contributed by atoms with E-state index in [2.05, 4.69) is 13.2 Å². The van der Waals surface area contributed by atoms with Crippen molar-refractivity contribution in [3.8, 4) is 0 Å². The van der Waals surface area contributed by atoms with Gasteiger partial charge in [0, 0.05) is 13.1 Å². The Labute approximate surface area is 144 Å². The first-order chi connectivity index (χ1) is 12.0. The van der Waals surface area contributed by atoms with Crippen molar-refractivity contribution in [1.82, 2.24) is 9.13 Å². The number of benzene rings is 1.